The number of hydrogen-bond acceptors (Lipinski definition) is 4. The van der Waals surface area contributed by atoms with Crippen LogP contribution in [0.4, 0.5) is 4.79 Å². The van der Waals surface area contributed by atoms with Crippen LogP contribution in [0.2, 0.25) is 0 Å². The molecule has 8 nitrogen and oxygen atoms in total. The molecular formula is C12H14Br2N4O4. The number of hydrogen-bond donors (Lipinski definition) is 4. The number of aromatic nitrogens is 1. The molecule has 1 aromatic heterocycles. The second kappa shape index (κ2) is 5.84. The van der Waals surface area contributed by atoms with Gasteiger partial charge in [0.1, 0.15) is 5.69 Å². The highest BCUT2D eigenvalue weighted by molar-refractivity contribution is 9.13. The van der Waals surface area contributed by atoms with Gasteiger partial charge in [-0.05, 0) is 37.9 Å². The van der Waals surface area contributed by atoms with Crippen LogP contribution >= 0.6 is 31.9 Å². The Hall–Kier alpha value is -1.10. The lowest BCUT2D eigenvalue weighted by Gasteiger charge is -2.23. The normalized spacial score (nSPS) is 29.9. The number of carbonyl (C=O) groups excluding carboxylic acids is 2. The quantitative estimate of drug-likeness (QED) is 0.564. The molecule has 2 aliphatic heterocycles. The first-order chi connectivity index (χ1) is 10.4. The molecule has 2 saturated heterocycles. The van der Waals surface area contributed by atoms with Gasteiger partial charge in [0, 0.05) is 20.1 Å². The number of fused-ring (bicyclic) bond motifs is 1. The average molecular weight is 438 g/mol. The van der Waals surface area contributed by atoms with Gasteiger partial charge >= 0.3 is 6.03 Å². The highest BCUT2D eigenvalue weighted by Crippen LogP contribution is 2.32. The van der Waals surface area contributed by atoms with Crippen LogP contribution in [0.25, 0.3) is 0 Å². The number of halogens is 2. The van der Waals surface area contributed by atoms with Crippen LogP contribution in [0.15, 0.2) is 15.1 Å². The highest BCUT2D eigenvalue weighted by atomic mass is 79.9. The van der Waals surface area contributed by atoms with Crippen molar-refractivity contribution in [1.29, 1.82) is 0 Å². The molecule has 0 unspecified atom stereocenters. The molecule has 22 heavy (non-hydrogen) atoms. The predicted octanol–water partition coefficient (Wildman–Crippen LogP) is 1.04. The topological polar surface area (TPSA) is 104 Å². The molecule has 3 atom stereocenters. The maximum absolute atomic E-state index is 12.1. The molecule has 2 aliphatic rings. The van der Waals surface area contributed by atoms with Gasteiger partial charge in [-0.3, -0.25) is 4.79 Å². The average Bonchev–Trinajstić information content (AvgIpc) is 3.07. The third-order valence-electron chi connectivity index (χ3n) is 3.69. The third kappa shape index (κ3) is 2.75. The van der Waals surface area contributed by atoms with Crippen LogP contribution in [0.1, 0.15) is 16.9 Å². The minimum Gasteiger partial charge on any atom is -0.354 e. The van der Waals surface area contributed by atoms with E-state index in [1.807, 2.05) is 0 Å². The van der Waals surface area contributed by atoms with Crippen molar-refractivity contribution >= 4 is 43.8 Å². The Labute approximate surface area is 142 Å². The maximum Gasteiger partial charge on any atom is 0.319 e. The van der Waals surface area contributed by atoms with E-state index in [1.165, 1.54) is 7.11 Å². The molecule has 0 radical (unpaired) electrons. The molecule has 0 saturated carbocycles. The maximum atomic E-state index is 12.1. The molecule has 3 amide bonds. The Kier molecular flexibility index (Phi) is 4.19. The largest absolute Gasteiger partial charge is 0.354 e. The standard InChI is InChI=1S/C12H14Br2N4O4/c1-21-12-3-5(22-10(12)17-11(20)18-12)4-15-9(19)7-2-6(13)8(14)16-7/h2,5,10,16H,3-4H2,1H3,(H,15,19)(H2,17,18,20)/t5-,10+,12+/m1/s1. The Balaban J connectivity index is 1.57. The summed E-state index contributed by atoms with van der Waals surface area (Å²) in [6.07, 6.45) is -0.366. The minimum absolute atomic E-state index is 0.240. The summed E-state index contributed by atoms with van der Waals surface area (Å²) in [6.45, 7) is 0.312. The van der Waals surface area contributed by atoms with Crippen molar-refractivity contribution in [1.82, 2.24) is 20.9 Å². The monoisotopic (exact) mass is 436 g/mol. The zero-order valence-electron chi connectivity index (χ0n) is 11.5. The second-order valence-electron chi connectivity index (χ2n) is 5.09. The van der Waals surface area contributed by atoms with Crippen molar-refractivity contribution in [2.75, 3.05) is 13.7 Å². The van der Waals surface area contributed by atoms with Gasteiger partial charge in [-0.2, -0.15) is 0 Å². The Morgan fingerprint density at radius 2 is 2.36 bits per heavy atom. The number of rotatable bonds is 4. The molecule has 10 heteroatoms. The van der Waals surface area contributed by atoms with E-state index in [1.54, 1.807) is 6.07 Å². The Bertz CT molecular complexity index is 603. The molecular weight excluding hydrogens is 424 g/mol. The van der Waals surface area contributed by atoms with Gasteiger partial charge in [0.05, 0.1) is 15.2 Å². The molecule has 1 aromatic rings. The van der Waals surface area contributed by atoms with Crippen molar-refractivity contribution in [3.05, 3.63) is 20.8 Å². The van der Waals surface area contributed by atoms with Gasteiger partial charge in [0.25, 0.3) is 5.91 Å². The smallest absolute Gasteiger partial charge is 0.319 e. The summed E-state index contributed by atoms with van der Waals surface area (Å²) in [6, 6.07) is 1.36. The number of ether oxygens (including phenoxy) is 2. The fraction of sp³-hybridized carbons (Fsp3) is 0.500. The number of aromatic amines is 1. The first kappa shape index (κ1) is 15.8. The molecule has 0 aliphatic carbocycles. The van der Waals surface area contributed by atoms with Crippen molar-refractivity contribution in [2.45, 2.75) is 24.5 Å². The van der Waals surface area contributed by atoms with E-state index in [0.29, 0.717) is 23.3 Å². The fourth-order valence-electron chi connectivity index (χ4n) is 2.60. The van der Waals surface area contributed by atoms with Crippen LogP contribution in [-0.2, 0) is 9.47 Å². The van der Waals surface area contributed by atoms with Gasteiger partial charge in [0.15, 0.2) is 12.0 Å². The summed E-state index contributed by atoms with van der Waals surface area (Å²) in [5.74, 6) is -0.240. The van der Waals surface area contributed by atoms with Crippen LogP contribution < -0.4 is 16.0 Å². The summed E-state index contributed by atoms with van der Waals surface area (Å²) in [4.78, 5) is 26.3. The van der Waals surface area contributed by atoms with Gasteiger partial charge in [-0.25, -0.2) is 4.79 Å². The van der Waals surface area contributed by atoms with Gasteiger partial charge < -0.3 is 30.4 Å². The highest BCUT2D eigenvalue weighted by Gasteiger charge is 2.55. The van der Waals surface area contributed by atoms with Crippen LogP contribution in [-0.4, -0.2) is 48.6 Å². The van der Waals surface area contributed by atoms with E-state index in [4.69, 9.17) is 9.47 Å². The first-order valence-corrected chi connectivity index (χ1v) is 8.13. The number of urea groups is 1. The number of carbonyl (C=O) groups is 2. The molecule has 3 rings (SSSR count). The molecule has 120 valence electrons. The lowest BCUT2D eigenvalue weighted by Crippen LogP contribution is -2.48. The molecule has 0 spiro atoms. The molecule has 3 heterocycles. The lowest BCUT2D eigenvalue weighted by molar-refractivity contribution is -0.0723. The van der Waals surface area contributed by atoms with Crippen molar-refractivity contribution in [3.63, 3.8) is 0 Å². The molecule has 0 aromatic carbocycles. The number of nitrogens with one attached hydrogen (secondary N) is 4. The molecule has 2 fully saturated rings. The zero-order chi connectivity index (χ0) is 15.9. The van der Waals surface area contributed by atoms with Crippen LogP contribution in [0, 0.1) is 0 Å². The predicted molar refractivity (Wildman–Crippen MR) is 83.2 cm³/mol. The zero-order valence-corrected chi connectivity index (χ0v) is 14.7. The number of amides is 3. The van der Waals surface area contributed by atoms with Gasteiger partial charge in [0.2, 0.25) is 0 Å². The van der Waals surface area contributed by atoms with E-state index >= 15 is 0 Å². The fourth-order valence-corrected chi connectivity index (χ4v) is 3.26. The van der Waals surface area contributed by atoms with E-state index in [0.717, 1.165) is 4.47 Å². The lowest BCUT2D eigenvalue weighted by atomic mass is 10.1. The number of methoxy groups -OCH3 is 1. The number of H-pyrrole nitrogens is 1. The summed E-state index contributed by atoms with van der Waals surface area (Å²) >= 11 is 6.59. The summed E-state index contributed by atoms with van der Waals surface area (Å²) in [5.41, 5.74) is -0.435. The van der Waals surface area contributed by atoms with Gasteiger partial charge in [-0.15, -0.1) is 0 Å². The van der Waals surface area contributed by atoms with Crippen LogP contribution in [0.3, 0.4) is 0 Å². The Morgan fingerprint density at radius 3 is 2.95 bits per heavy atom. The molecule has 0 bridgehead atoms. The SMILES string of the molecule is CO[C@@]12C[C@H](CNC(=O)c3cc(Br)c(Br)[nH]3)O[C@@H]1NC(=O)N2. The van der Waals surface area contributed by atoms with Gasteiger partial charge in [-0.1, -0.05) is 0 Å². The van der Waals surface area contributed by atoms with E-state index in [-0.39, 0.29) is 18.0 Å². The second-order valence-corrected chi connectivity index (χ2v) is 6.74. The van der Waals surface area contributed by atoms with Crippen molar-refractivity contribution in [2.24, 2.45) is 0 Å². The first-order valence-electron chi connectivity index (χ1n) is 6.55. The van der Waals surface area contributed by atoms with Crippen molar-refractivity contribution in [3.8, 4) is 0 Å². The third-order valence-corrected chi connectivity index (χ3v) is 5.48. The summed E-state index contributed by atoms with van der Waals surface area (Å²) in [7, 11) is 1.51. The molecule has 4 N–H and O–H groups in total. The Morgan fingerprint density at radius 1 is 1.59 bits per heavy atom. The van der Waals surface area contributed by atoms with E-state index in [2.05, 4.69) is 52.8 Å². The summed E-state index contributed by atoms with van der Waals surface area (Å²) in [5, 5.41) is 8.14. The van der Waals surface area contributed by atoms with Crippen LogP contribution in [0.5, 0.6) is 0 Å². The van der Waals surface area contributed by atoms with E-state index < -0.39 is 12.0 Å². The summed E-state index contributed by atoms with van der Waals surface area (Å²) < 4.78 is 12.6. The minimum atomic E-state index is -0.870. The van der Waals surface area contributed by atoms with Crippen molar-refractivity contribution < 1.29 is 19.1 Å². The van der Waals surface area contributed by atoms with E-state index in [9.17, 15) is 9.59 Å².